The molecule has 2 N–H and O–H groups in total. The fourth-order valence-corrected chi connectivity index (χ4v) is 2.66. The molecule has 2 atom stereocenters. The van der Waals surface area contributed by atoms with Gasteiger partial charge in [0.15, 0.2) is 0 Å². The van der Waals surface area contributed by atoms with Crippen LogP contribution in [0.4, 0.5) is 0 Å². The molecule has 2 nitrogen and oxygen atoms in total. The zero-order valence-corrected chi connectivity index (χ0v) is 9.57. The van der Waals surface area contributed by atoms with Crippen molar-refractivity contribution in [3.63, 3.8) is 0 Å². The summed E-state index contributed by atoms with van der Waals surface area (Å²) in [5.74, 6) is 1.65. The van der Waals surface area contributed by atoms with Crippen molar-refractivity contribution in [2.45, 2.75) is 38.1 Å². The highest BCUT2D eigenvalue weighted by molar-refractivity contribution is 5.78. The minimum Gasteiger partial charge on any atom is -0.461 e. The first-order chi connectivity index (χ1) is 7.72. The van der Waals surface area contributed by atoms with E-state index in [1.54, 1.807) is 0 Å². The van der Waals surface area contributed by atoms with Gasteiger partial charge in [0.25, 0.3) is 0 Å². The van der Waals surface area contributed by atoms with Crippen LogP contribution in [-0.4, -0.2) is 6.04 Å². The molecular weight excluding hydrogens is 198 g/mol. The van der Waals surface area contributed by atoms with Crippen molar-refractivity contribution < 1.29 is 4.42 Å². The highest BCUT2D eigenvalue weighted by atomic mass is 16.3. The Kier molecular flexibility index (Phi) is 2.25. The summed E-state index contributed by atoms with van der Waals surface area (Å²) in [7, 11) is 0. The van der Waals surface area contributed by atoms with Crippen molar-refractivity contribution in [3.05, 3.63) is 35.6 Å². The van der Waals surface area contributed by atoms with Crippen LogP contribution in [0, 0.1) is 6.92 Å². The van der Waals surface area contributed by atoms with Gasteiger partial charge in [0.2, 0.25) is 0 Å². The lowest BCUT2D eigenvalue weighted by molar-refractivity contribution is 0.490. The van der Waals surface area contributed by atoms with Crippen LogP contribution in [0.15, 0.2) is 28.7 Å². The summed E-state index contributed by atoms with van der Waals surface area (Å²) in [6.07, 6.45) is 3.36. The summed E-state index contributed by atoms with van der Waals surface area (Å²) >= 11 is 0. The number of benzene rings is 1. The van der Waals surface area contributed by atoms with E-state index >= 15 is 0 Å². The van der Waals surface area contributed by atoms with Gasteiger partial charge in [-0.15, -0.1) is 0 Å². The number of rotatable bonds is 1. The lowest BCUT2D eigenvalue weighted by atomic mass is 10.0. The smallest absolute Gasteiger partial charge is 0.134 e. The molecule has 0 spiro atoms. The maximum Gasteiger partial charge on any atom is 0.134 e. The predicted octanol–water partition coefficient (Wildman–Crippen LogP) is 3.34. The zero-order chi connectivity index (χ0) is 11.1. The molecule has 2 unspecified atom stereocenters. The minimum absolute atomic E-state index is 0.361. The lowest BCUT2D eigenvalue weighted by Gasteiger charge is -2.04. The van der Waals surface area contributed by atoms with Gasteiger partial charge < -0.3 is 10.2 Å². The van der Waals surface area contributed by atoms with E-state index in [-0.39, 0.29) is 0 Å². The minimum atomic E-state index is 0.361. The topological polar surface area (TPSA) is 39.2 Å². The summed E-state index contributed by atoms with van der Waals surface area (Å²) in [6.45, 7) is 2.11. The Balaban J connectivity index is 1.99. The first-order valence-corrected chi connectivity index (χ1v) is 5.98. The van der Waals surface area contributed by atoms with Crippen LogP contribution in [0.2, 0.25) is 0 Å². The Bertz CT molecular complexity index is 514. The number of furan rings is 1. The molecule has 2 heteroatoms. The molecule has 84 valence electrons. The van der Waals surface area contributed by atoms with Crippen LogP contribution in [0.3, 0.4) is 0 Å². The molecule has 1 saturated carbocycles. The molecule has 1 fully saturated rings. The summed E-state index contributed by atoms with van der Waals surface area (Å²) in [5, 5.41) is 1.22. The van der Waals surface area contributed by atoms with Crippen LogP contribution >= 0.6 is 0 Å². The van der Waals surface area contributed by atoms with Gasteiger partial charge in [-0.05, 0) is 44.4 Å². The highest BCUT2D eigenvalue weighted by Crippen LogP contribution is 2.36. The van der Waals surface area contributed by atoms with E-state index in [4.69, 9.17) is 10.2 Å². The molecule has 1 aromatic heterocycles. The van der Waals surface area contributed by atoms with E-state index in [2.05, 4.69) is 31.2 Å². The second-order valence-corrected chi connectivity index (χ2v) is 4.96. The maximum absolute atomic E-state index is 5.94. The van der Waals surface area contributed by atoms with Gasteiger partial charge in [-0.1, -0.05) is 11.6 Å². The third kappa shape index (κ3) is 1.63. The molecule has 3 rings (SSSR count). The van der Waals surface area contributed by atoms with E-state index in [9.17, 15) is 0 Å². The second-order valence-electron chi connectivity index (χ2n) is 4.96. The summed E-state index contributed by atoms with van der Waals surface area (Å²) in [5.41, 5.74) is 8.22. The summed E-state index contributed by atoms with van der Waals surface area (Å²) in [4.78, 5) is 0. The normalized spacial score (nSPS) is 25.4. The Morgan fingerprint density at radius 2 is 2.12 bits per heavy atom. The van der Waals surface area contributed by atoms with E-state index in [0.717, 1.165) is 24.2 Å². The van der Waals surface area contributed by atoms with Crippen molar-refractivity contribution in [2.75, 3.05) is 0 Å². The summed E-state index contributed by atoms with van der Waals surface area (Å²) < 4.78 is 5.90. The fourth-order valence-electron chi connectivity index (χ4n) is 2.66. The van der Waals surface area contributed by atoms with E-state index in [1.807, 2.05) is 0 Å². The molecule has 1 heterocycles. The van der Waals surface area contributed by atoms with E-state index in [0.29, 0.717) is 12.0 Å². The van der Waals surface area contributed by atoms with Gasteiger partial charge in [-0.25, -0.2) is 0 Å². The van der Waals surface area contributed by atoms with Gasteiger partial charge in [-0.2, -0.15) is 0 Å². The first kappa shape index (κ1) is 9.91. The number of hydrogen-bond donors (Lipinski definition) is 1. The standard InChI is InChI=1S/C14H17NO/c1-9-2-5-13-11(6-9)8-14(16-13)10-3-4-12(15)7-10/h2,5-6,8,10,12H,3-4,7,15H2,1H3. The average Bonchev–Trinajstić information content (AvgIpc) is 2.83. The third-order valence-corrected chi connectivity index (χ3v) is 3.57. The molecule has 0 radical (unpaired) electrons. The molecule has 0 bridgehead atoms. The molecule has 0 saturated heterocycles. The molecular formula is C14H17NO. The molecule has 0 aliphatic heterocycles. The second kappa shape index (κ2) is 3.63. The third-order valence-electron chi connectivity index (χ3n) is 3.57. The Labute approximate surface area is 95.4 Å². The molecule has 0 amide bonds. The number of fused-ring (bicyclic) bond motifs is 1. The van der Waals surface area contributed by atoms with E-state index in [1.165, 1.54) is 17.4 Å². The van der Waals surface area contributed by atoms with Crippen molar-refractivity contribution in [1.82, 2.24) is 0 Å². The highest BCUT2D eigenvalue weighted by Gasteiger charge is 2.25. The Hall–Kier alpha value is -1.28. The monoisotopic (exact) mass is 215 g/mol. The summed E-state index contributed by atoms with van der Waals surface area (Å²) in [6, 6.07) is 8.88. The Morgan fingerprint density at radius 1 is 1.25 bits per heavy atom. The number of aryl methyl sites for hydroxylation is 1. The van der Waals surface area contributed by atoms with E-state index < -0.39 is 0 Å². The van der Waals surface area contributed by atoms with Gasteiger partial charge in [0.1, 0.15) is 11.3 Å². The fraction of sp³-hybridized carbons (Fsp3) is 0.429. The zero-order valence-electron chi connectivity index (χ0n) is 9.57. The van der Waals surface area contributed by atoms with Crippen molar-refractivity contribution in [1.29, 1.82) is 0 Å². The number of nitrogens with two attached hydrogens (primary N) is 1. The predicted molar refractivity (Wildman–Crippen MR) is 65.5 cm³/mol. The van der Waals surface area contributed by atoms with Gasteiger partial charge >= 0.3 is 0 Å². The largest absolute Gasteiger partial charge is 0.461 e. The van der Waals surface area contributed by atoms with Crippen LogP contribution < -0.4 is 5.73 Å². The quantitative estimate of drug-likeness (QED) is 0.792. The van der Waals surface area contributed by atoms with Gasteiger partial charge in [0.05, 0.1) is 0 Å². The van der Waals surface area contributed by atoms with Crippen LogP contribution in [0.5, 0.6) is 0 Å². The molecule has 1 aliphatic rings. The van der Waals surface area contributed by atoms with Crippen LogP contribution in [-0.2, 0) is 0 Å². The average molecular weight is 215 g/mol. The SMILES string of the molecule is Cc1ccc2oc(C3CCC(N)C3)cc2c1. The molecule has 1 aromatic carbocycles. The lowest BCUT2D eigenvalue weighted by Crippen LogP contribution is -2.14. The van der Waals surface area contributed by atoms with Crippen LogP contribution in [0.25, 0.3) is 11.0 Å². The molecule has 16 heavy (non-hydrogen) atoms. The van der Waals surface area contributed by atoms with Crippen molar-refractivity contribution >= 4 is 11.0 Å². The first-order valence-electron chi connectivity index (χ1n) is 5.98. The van der Waals surface area contributed by atoms with Crippen molar-refractivity contribution in [2.24, 2.45) is 5.73 Å². The van der Waals surface area contributed by atoms with Crippen LogP contribution in [0.1, 0.15) is 36.5 Å². The van der Waals surface area contributed by atoms with Crippen molar-refractivity contribution in [3.8, 4) is 0 Å². The molecule has 2 aromatic rings. The van der Waals surface area contributed by atoms with Gasteiger partial charge in [0, 0.05) is 17.3 Å². The maximum atomic E-state index is 5.94. The Morgan fingerprint density at radius 3 is 2.88 bits per heavy atom. The van der Waals surface area contributed by atoms with Gasteiger partial charge in [-0.3, -0.25) is 0 Å². The molecule has 1 aliphatic carbocycles. The number of hydrogen-bond acceptors (Lipinski definition) is 2.